The molecule has 0 amide bonds. The van der Waals surface area contributed by atoms with Crippen molar-refractivity contribution in [3.05, 3.63) is 41.2 Å². The molecule has 1 rings (SSSR count). The number of allylic oxidation sites excluding steroid dienone is 1. The van der Waals surface area contributed by atoms with Crippen LogP contribution in [0, 0.1) is 0 Å². The van der Waals surface area contributed by atoms with E-state index in [4.69, 9.17) is 9.47 Å². The fourth-order valence-electron chi connectivity index (χ4n) is 1.57. The van der Waals surface area contributed by atoms with Gasteiger partial charge in [0.15, 0.2) is 0 Å². The van der Waals surface area contributed by atoms with Crippen molar-refractivity contribution in [1.29, 1.82) is 0 Å². The van der Waals surface area contributed by atoms with Crippen LogP contribution in [0.5, 0.6) is 5.75 Å². The molecule has 1 aromatic rings. The topological polar surface area (TPSA) is 55.8 Å². The van der Waals surface area contributed by atoms with Crippen LogP contribution in [0.3, 0.4) is 0 Å². The van der Waals surface area contributed by atoms with Gasteiger partial charge in [-0.2, -0.15) is 0 Å². The normalized spacial score (nSPS) is 11.6. The third kappa shape index (κ3) is 4.10. The fourth-order valence-corrected chi connectivity index (χ4v) is 1.57. The van der Waals surface area contributed by atoms with Crippen molar-refractivity contribution in [2.24, 2.45) is 0 Å². The largest absolute Gasteiger partial charge is 0.460 e. The van der Waals surface area contributed by atoms with Gasteiger partial charge in [-0.15, -0.1) is 0 Å². The second-order valence-electron chi connectivity index (χ2n) is 4.37. The van der Waals surface area contributed by atoms with Gasteiger partial charge in [0, 0.05) is 5.56 Å². The number of benzene rings is 1. The number of aliphatic hydroxyl groups excluding tert-OH is 1. The molecule has 0 aromatic heterocycles. The number of aliphatic hydroxyl groups is 1. The molecule has 0 spiro atoms. The van der Waals surface area contributed by atoms with Gasteiger partial charge < -0.3 is 14.6 Å². The quantitative estimate of drug-likeness (QED) is 0.504. The molecule has 0 bridgehead atoms. The van der Waals surface area contributed by atoms with E-state index in [0.717, 1.165) is 5.57 Å². The SMILES string of the molecule is CCOC(=O)C(Oc1ccccc1C(C)O)=C(C)C. The summed E-state index contributed by atoms with van der Waals surface area (Å²) in [5.41, 5.74) is 1.35. The first kappa shape index (κ1) is 15.2. The average molecular weight is 264 g/mol. The number of carbonyl (C=O) groups is 1. The summed E-state index contributed by atoms with van der Waals surface area (Å²) >= 11 is 0. The zero-order valence-electron chi connectivity index (χ0n) is 11.8. The van der Waals surface area contributed by atoms with Gasteiger partial charge in [-0.05, 0) is 39.3 Å². The Hall–Kier alpha value is -1.81. The molecule has 0 fully saturated rings. The van der Waals surface area contributed by atoms with Gasteiger partial charge in [-0.25, -0.2) is 4.79 Å². The van der Waals surface area contributed by atoms with E-state index in [9.17, 15) is 9.90 Å². The minimum absolute atomic E-state index is 0.162. The summed E-state index contributed by atoms with van der Waals surface area (Å²) in [7, 11) is 0. The van der Waals surface area contributed by atoms with E-state index in [1.807, 2.05) is 6.07 Å². The molecule has 1 unspecified atom stereocenters. The highest BCUT2D eigenvalue weighted by atomic mass is 16.6. The van der Waals surface area contributed by atoms with Crippen LogP contribution in [0.2, 0.25) is 0 Å². The van der Waals surface area contributed by atoms with Crippen LogP contribution >= 0.6 is 0 Å². The van der Waals surface area contributed by atoms with E-state index in [0.29, 0.717) is 11.3 Å². The van der Waals surface area contributed by atoms with E-state index < -0.39 is 12.1 Å². The summed E-state index contributed by atoms with van der Waals surface area (Å²) in [6.45, 7) is 7.23. The van der Waals surface area contributed by atoms with E-state index in [1.54, 1.807) is 45.9 Å². The molecular weight excluding hydrogens is 244 g/mol. The fraction of sp³-hybridized carbons (Fsp3) is 0.400. The van der Waals surface area contributed by atoms with Gasteiger partial charge in [-0.3, -0.25) is 0 Å². The summed E-state index contributed by atoms with van der Waals surface area (Å²) in [6, 6.07) is 7.06. The summed E-state index contributed by atoms with van der Waals surface area (Å²) in [6.07, 6.45) is -0.670. The summed E-state index contributed by atoms with van der Waals surface area (Å²) < 4.78 is 10.6. The Kier molecular flexibility index (Phi) is 5.57. The lowest BCUT2D eigenvalue weighted by molar-refractivity contribution is -0.141. The van der Waals surface area contributed by atoms with Gasteiger partial charge in [0.1, 0.15) is 5.75 Å². The van der Waals surface area contributed by atoms with Crippen LogP contribution in [0.15, 0.2) is 35.6 Å². The van der Waals surface area contributed by atoms with Crippen molar-refractivity contribution >= 4 is 5.97 Å². The lowest BCUT2D eigenvalue weighted by atomic mass is 10.1. The Morgan fingerprint density at radius 3 is 2.47 bits per heavy atom. The highest BCUT2D eigenvalue weighted by Crippen LogP contribution is 2.27. The Bertz CT molecular complexity index is 471. The molecule has 0 aliphatic rings. The smallest absolute Gasteiger partial charge is 0.374 e. The lowest BCUT2D eigenvalue weighted by Crippen LogP contribution is -2.15. The minimum atomic E-state index is -0.670. The molecule has 0 saturated carbocycles. The first-order valence-corrected chi connectivity index (χ1v) is 6.26. The summed E-state index contributed by atoms with van der Waals surface area (Å²) in [5, 5.41) is 9.69. The molecule has 0 aliphatic carbocycles. The highest BCUT2D eigenvalue weighted by Gasteiger charge is 2.18. The Morgan fingerprint density at radius 1 is 1.32 bits per heavy atom. The summed E-state index contributed by atoms with van der Waals surface area (Å²) in [4.78, 5) is 11.8. The van der Waals surface area contributed by atoms with Crippen LogP contribution in [-0.2, 0) is 9.53 Å². The van der Waals surface area contributed by atoms with Crippen LogP contribution in [0.4, 0.5) is 0 Å². The Morgan fingerprint density at radius 2 is 1.95 bits per heavy atom. The third-order valence-electron chi connectivity index (χ3n) is 2.50. The molecular formula is C15H20O4. The molecule has 4 heteroatoms. The predicted molar refractivity (Wildman–Crippen MR) is 72.7 cm³/mol. The van der Waals surface area contributed by atoms with Gasteiger partial charge in [0.25, 0.3) is 0 Å². The zero-order chi connectivity index (χ0) is 14.4. The lowest BCUT2D eigenvalue weighted by Gasteiger charge is -2.15. The van der Waals surface area contributed by atoms with Crippen molar-refractivity contribution in [3.8, 4) is 5.75 Å². The van der Waals surface area contributed by atoms with Gasteiger partial charge in [0.2, 0.25) is 5.76 Å². The molecule has 1 aromatic carbocycles. The molecule has 4 nitrogen and oxygen atoms in total. The van der Waals surface area contributed by atoms with Crippen LogP contribution in [0.1, 0.15) is 39.4 Å². The van der Waals surface area contributed by atoms with Crippen LogP contribution in [-0.4, -0.2) is 17.7 Å². The third-order valence-corrected chi connectivity index (χ3v) is 2.50. The van der Waals surface area contributed by atoms with Crippen LogP contribution in [0.25, 0.3) is 0 Å². The van der Waals surface area contributed by atoms with Gasteiger partial charge in [0.05, 0.1) is 12.7 Å². The Labute approximate surface area is 113 Å². The molecule has 1 N–H and O–H groups in total. The second kappa shape index (κ2) is 6.95. The van der Waals surface area contributed by atoms with E-state index in [1.165, 1.54) is 0 Å². The molecule has 0 heterocycles. The number of para-hydroxylation sites is 1. The average Bonchev–Trinajstić information content (AvgIpc) is 2.36. The van der Waals surface area contributed by atoms with Crippen molar-refractivity contribution in [3.63, 3.8) is 0 Å². The minimum Gasteiger partial charge on any atom is -0.460 e. The van der Waals surface area contributed by atoms with Crippen molar-refractivity contribution in [1.82, 2.24) is 0 Å². The standard InChI is InChI=1S/C15H20O4/c1-5-18-15(17)14(10(2)3)19-13-9-7-6-8-12(13)11(4)16/h6-9,11,16H,5H2,1-4H3. The molecule has 0 radical (unpaired) electrons. The monoisotopic (exact) mass is 264 g/mol. The number of ether oxygens (including phenoxy) is 2. The first-order valence-electron chi connectivity index (χ1n) is 6.26. The van der Waals surface area contributed by atoms with Crippen LogP contribution < -0.4 is 4.74 Å². The molecule has 0 aliphatic heterocycles. The number of esters is 1. The number of carbonyl (C=O) groups excluding carboxylic acids is 1. The number of rotatable bonds is 5. The predicted octanol–water partition coefficient (Wildman–Crippen LogP) is 2.98. The van der Waals surface area contributed by atoms with E-state index in [2.05, 4.69) is 0 Å². The maximum atomic E-state index is 11.8. The van der Waals surface area contributed by atoms with E-state index >= 15 is 0 Å². The van der Waals surface area contributed by atoms with Crippen molar-refractivity contribution in [2.75, 3.05) is 6.61 Å². The Balaban J connectivity index is 3.05. The molecule has 104 valence electrons. The van der Waals surface area contributed by atoms with Gasteiger partial charge in [-0.1, -0.05) is 18.2 Å². The maximum absolute atomic E-state index is 11.8. The highest BCUT2D eigenvalue weighted by molar-refractivity contribution is 5.87. The molecule has 19 heavy (non-hydrogen) atoms. The first-order chi connectivity index (χ1) is 8.97. The zero-order valence-corrected chi connectivity index (χ0v) is 11.8. The van der Waals surface area contributed by atoms with Crippen molar-refractivity contribution in [2.45, 2.75) is 33.8 Å². The van der Waals surface area contributed by atoms with E-state index in [-0.39, 0.29) is 12.4 Å². The molecule has 0 saturated heterocycles. The number of hydrogen-bond acceptors (Lipinski definition) is 4. The number of hydrogen-bond donors (Lipinski definition) is 1. The maximum Gasteiger partial charge on any atom is 0.374 e. The molecule has 1 atom stereocenters. The van der Waals surface area contributed by atoms with Gasteiger partial charge >= 0.3 is 5.97 Å². The summed E-state index contributed by atoms with van der Waals surface area (Å²) in [5.74, 6) is 0.125. The second-order valence-corrected chi connectivity index (χ2v) is 4.37. The van der Waals surface area contributed by atoms with Crippen molar-refractivity contribution < 1.29 is 19.4 Å².